The van der Waals surface area contributed by atoms with Crippen molar-refractivity contribution in [3.05, 3.63) is 0 Å². The Bertz CT molecular complexity index is 214. The van der Waals surface area contributed by atoms with Crippen LogP contribution in [0.15, 0.2) is 0 Å². The number of carbonyl (C=O) groups excluding carboxylic acids is 1. The quantitative estimate of drug-likeness (QED) is 0.751. The molecule has 1 atom stereocenters. The van der Waals surface area contributed by atoms with Crippen molar-refractivity contribution in [1.29, 1.82) is 0 Å². The first kappa shape index (κ1) is 13.5. The summed E-state index contributed by atoms with van der Waals surface area (Å²) in [6.07, 6.45) is 4.24. The van der Waals surface area contributed by atoms with Crippen LogP contribution in [0.1, 0.15) is 46.5 Å². The van der Waals surface area contributed by atoms with Gasteiger partial charge in [0.25, 0.3) is 0 Å². The Balaban J connectivity index is 2.23. The van der Waals surface area contributed by atoms with Crippen LogP contribution in [0.2, 0.25) is 0 Å². The van der Waals surface area contributed by atoms with Crippen LogP contribution in [0.5, 0.6) is 0 Å². The highest BCUT2D eigenvalue weighted by Crippen LogP contribution is 2.12. The Kier molecular flexibility index (Phi) is 5.81. The number of hydrogen-bond donors (Lipinski definition) is 1. The van der Waals surface area contributed by atoms with Gasteiger partial charge in [-0.05, 0) is 18.9 Å². The molecule has 3 nitrogen and oxygen atoms in total. The van der Waals surface area contributed by atoms with Crippen LogP contribution < -0.4 is 5.32 Å². The molecule has 0 spiro atoms. The number of likely N-dealkylation sites (tertiary alicyclic amines) is 1. The fourth-order valence-corrected chi connectivity index (χ4v) is 2.29. The minimum absolute atomic E-state index is 0.298. The van der Waals surface area contributed by atoms with E-state index in [1.54, 1.807) is 0 Å². The van der Waals surface area contributed by atoms with Crippen LogP contribution >= 0.6 is 0 Å². The summed E-state index contributed by atoms with van der Waals surface area (Å²) in [4.78, 5) is 13.5. The van der Waals surface area contributed by atoms with E-state index in [4.69, 9.17) is 0 Å². The van der Waals surface area contributed by atoms with Gasteiger partial charge in [-0.2, -0.15) is 0 Å². The van der Waals surface area contributed by atoms with E-state index in [0.29, 0.717) is 18.4 Å². The SMILES string of the molecule is CCC(=O)N1CCC(NCC(CC)CC)C1. The number of amides is 1. The van der Waals surface area contributed by atoms with Gasteiger partial charge in [0.15, 0.2) is 0 Å². The lowest BCUT2D eigenvalue weighted by Gasteiger charge is -2.19. The lowest BCUT2D eigenvalue weighted by atomic mass is 10.0. The minimum Gasteiger partial charge on any atom is -0.341 e. The van der Waals surface area contributed by atoms with Crippen molar-refractivity contribution in [3.8, 4) is 0 Å². The summed E-state index contributed by atoms with van der Waals surface area (Å²) in [5.41, 5.74) is 0. The van der Waals surface area contributed by atoms with Crippen LogP contribution in [-0.2, 0) is 4.79 Å². The zero-order valence-electron chi connectivity index (χ0n) is 11.0. The molecule has 1 amide bonds. The van der Waals surface area contributed by atoms with Gasteiger partial charge in [0.05, 0.1) is 0 Å². The molecule has 16 heavy (non-hydrogen) atoms. The van der Waals surface area contributed by atoms with Gasteiger partial charge in [-0.1, -0.05) is 33.6 Å². The normalized spacial score (nSPS) is 20.8. The second-order valence-corrected chi connectivity index (χ2v) is 4.77. The molecular weight excluding hydrogens is 200 g/mol. The third-order valence-corrected chi connectivity index (χ3v) is 3.69. The lowest BCUT2D eigenvalue weighted by Crippen LogP contribution is -2.37. The van der Waals surface area contributed by atoms with E-state index in [9.17, 15) is 4.79 Å². The summed E-state index contributed by atoms with van der Waals surface area (Å²) in [6, 6.07) is 0.524. The van der Waals surface area contributed by atoms with E-state index in [1.807, 2.05) is 11.8 Å². The maximum absolute atomic E-state index is 11.5. The molecule has 3 heteroatoms. The Morgan fingerprint density at radius 2 is 2.06 bits per heavy atom. The summed E-state index contributed by atoms with van der Waals surface area (Å²) >= 11 is 0. The first-order valence-electron chi connectivity index (χ1n) is 6.72. The fourth-order valence-electron chi connectivity index (χ4n) is 2.29. The predicted molar refractivity (Wildman–Crippen MR) is 67.4 cm³/mol. The molecule has 1 fully saturated rings. The highest BCUT2D eigenvalue weighted by molar-refractivity contribution is 5.76. The minimum atomic E-state index is 0.298. The molecule has 0 aliphatic carbocycles. The lowest BCUT2D eigenvalue weighted by molar-refractivity contribution is -0.129. The zero-order chi connectivity index (χ0) is 12.0. The maximum Gasteiger partial charge on any atom is 0.222 e. The molecule has 94 valence electrons. The van der Waals surface area contributed by atoms with Crippen molar-refractivity contribution in [2.24, 2.45) is 5.92 Å². The van der Waals surface area contributed by atoms with Crippen molar-refractivity contribution in [2.45, 2.75) is 52.5 Å². The molecule has 1 aliphatic rings. The third-order valence-electron chi connectivity index (χ3n) is 3.69. The number of rotatable bonds is 6. The van der Waals surface area contributed by atoms with E-state index >= 15 is 0 Å². The van der Waals surface area contributed by atoms with Gasteiger partial charge in [-0.25, -0.2) is 0 Å². The van der Waals surface area contributed by atoms with Gasteiger partial charge < -0.3 is 10.2 Å². The molecule has 0 aromatic rings. The predicted octanol–water partition coefficient (Wildman–Crippen LogP) is 2.02. The number of nitrogens with one attached hydrogen (secondary N) is 1. The van der Waals surface area contributed by atoms with E-state index in [1.165, 1.54) is 12.8 Å². The third kappa shape index (κ3) is 3.78. The van der Waals surface area contributed by atoms with Crippen molar-refractivity contribution in [1.82, 2.24) is 10.2 Å². The zero-order valence-corrected chi connectivity index (χ0v) is 11.0. The smallest absolute Gasteiger partial charge is 0.222 e. The largest absolute Gasteiger partial charge is 0.341 e. The van der Waals surface area contributed by atoms with Crippen molar-refractivity contribution >= 4 is 5.91 Å². The number of hydrogen-bond acceptors (Lipinski definition) is 2. The Morgan fingerprint density at radius 3 is 2.62 bits per heavy atom. The fraction of sp³-hybridized carbons (Fsp3) is 0.923. The summed E-state index contributed by atoms with van der Waals surface area (Å²) in [6.45, 7) is 9.38. The van der Waals surface area contributed by atoms with E-state index in [0.717, 1.165) is 32.0 Å². The van der Waals surface area contributed by atoms with E-state index in [-0.39, 0.29) is 0 Å². The summed E-state index contributed by atoms with van der Waals surface area (Å²) in [5.74, 6) is 1.09. The Morgan fingerprint density at radius 1 is 1.38 bits per heavy atom. The Labute approximate surface area is 99.6 Å². The van der Waals surface area contributed by atoms with Crippen LogP contribution in [0.4, 0.5) is 0 Å². The van der Waals surface area contributed by atoms with Gasteiger partial charge in [0.2, 0.25) is 5.91 Å². The first-order chi connectivity index (χ1) is 7.71. The molecule has 0 radical (unpaired) electrons. The molecule has 0 bridgehead atoms. The summed E-state index contributed by atoms with van der Waals surface area (Å²) in [7, 11) is 0. The van der Waals surface area contributed by atoms with Gasteiger partial charge in [0, 0.05) is 25.6 Å². The summed E-state index contributed by atoms with van der Waals surface area (Å²) in [5, 5.41) is 3.60. The van der Waals surface area contributed by atoms with Gasteiger partial charge in [-0.15, -0.1) is 0 Å². The first-order valence-corrected chi connectivity index (χ1v) is 6.72. The molecule has 1 rings (SSSR count). The van der Waals surface area contributed by atoms with E-state index < -0.39 is 0 Å². The number of carbonyl (C=O) groups is 1. The average Bonchev–Trinajstić information content (AvgIpc) is 2.78. The molecule has 1 saturated heterocycles. The molecular formula is C13H26N2O. The van der Waals surface area contributed by atoms with Gasteiger partial charge in [0.1, 0.15) is 0 Å². The maximum atomic E-state index is 11.5. The molecule has 0 saturated carbocycles. The van der Waals surface area contributed by atoms with E-state index in [2.05, 4.69) is 19.2 Å². The van der Waals surface area contributed by atoms with Crippen molar-refractivity contribution < 1.29 is 4.79 Å². The van der Waals surface area contributed by atoms with Crippen molar-refractivity contribution in [2.75, 3.05) is 19.6 Å². The van der Waals surface area contributed by atoms with Crippen LogP contribution in [-0.4, -0.2) is 36.5 Å². The second-order valence-electron chi connectivity index (χ2n) is 4.77. The van der Waals surface area contributed by atoms with Crippen molar-refractivity contribution in [3.63, 3.8) is 0 Å². The highest BCUT2D eigenvalue weighted by Gasteiger charge is 2.24. The van der Waals surface area contributed by atoms with Crippen LogP contribution in [0.3, 0.4) is 0 Å². The molecule has 0 aromatic carbocycles. The molecule has 0 aromatic heterocycles. The van der Waals surface area contributed by atoms with Crippen LogP contribution in [0.25, 0.3) is 0 Å². The second kappa shape index (κ2) is 6.89. The molecule has 1 aliphatic heterocycles. The monoisotopic (exact) mass is 226 g/mol. The molecule has 1 N–H and O–H groups in total. The van der Waals surface area contributed by atoms with Gasteiger partial charge in [-0.3, -0.25) is 4.79 Å². The standard InChI is InChI=1S/C13H26N2O/c1-4-11(5-2)9-14-12-7-8-15(10-12)13(16)6-3/h11-12,14H,4-10H2,1-3H3. The van der Waals surface area contributed by atoms with Crippen LogP contribution in [0, 0.1) is 5.92 Å². The highest BCUT2D eigenvalue weighted by atomic mass is 16.2. The summed E-state index contributed by atoms with van der Waals surface area (Å²) < 4.78 is 0. The van der Waals surface area contributed by atoms with Gasteiger partial charge >= 0.3 is 0 Å². The Hall–Kier alpha value is -0.570. The number of nitrogens with zero attached hydrogens (tertiary/aromatic N) is 1. The topological polar surface area (TPSA) is 32.3 Å². The average molecular weight is 226 g/mol. The molecule has 1 unspecified atom stereocenters. The molecule has 1 heterocycles.